The summed E-state index contributed by atoms with van der Waals surface area (Å²) in [4.78, 5) is 15.9. The molecule has 0 bridgehead atoms. The largest absolute Gasteiger partial charge is 0.490 e. The topological polar surface area (TPSA) is 96.2 Å². The predicted octanol–water partition coefficient (Wildman–Crippen LogP) is 4.06. The number of aromatic nitrogens is 5. The van der Waals surface area contributed by atoms with Gasteiger partial charge in [-0.2, -0.15) is 26.3 Å². The summed E-state index contributed by atoms with van der Waals surface area (Å²) in [5.74, 6) is -3.75. The lowest BCUT2D eigenvalue weighted by Gasteiger charge is -2.12. The Morgan fingerprint density at radius 1 is 1.07 bits per heavy atom. The van der Waals surface area contributed by atoms with Gasteiger partial charge in [-0.05, 0) is 24.3 Å². The molecule has 0 aliphatic carbocycles. The van der Waals surface area contributed by atoms with Gasteiger partial charge in [0.1, 0.15) is 5.82 Å². The molecule has 3 heterocycles. The summed E-state index contributed by atoms with van der Waals surface area (Å²) in [5, 5.41) is 14.8. The van der Waals surface area contributed by atoms with Gasteiger partial charge < -0.3 is 10.1 Å². The number of aliphatic carboxylic acids is 1. The standard InChI is InChI=1S/C14H7F4N5.C2HF3O2/c15-7-1-2-8(9(5-7)14(16,17)18)13-22-21-11-6-20-12-10(23(11)13)3-4-19-12;3-2(4,5)1(6)7/h1-6,19H;(H,6,7). The Kier molecular flexibility index (Phi) is 5.09. The summed E-state index contributed by atoms with van der Waals surface area (Å²) in [6.07, 6.45) is -6.80. The third-order valence-corrected chi connectivity index (χ3v) is 3.71. The number of carboxylic acid groups (broad SMARTS) is 1. The molecule has 1 aromatic carbocycles. The molecule has 0 saturated heterocycles. The van der Waals surface area contributed by atoms with Gasteiger partial charge in [-0.1, -0.05) is 0 Å². The molecular formula is C16H8F7N5O2. The zero-order chi connectivity index (χ0) is 22.3. The van der Waals surface area contributed by atoms with Crippen LogP contribution in [-0.2, 0) is 11.0 Å². The molecule has 0 aliphatic heterocycles. The fraction of sp³-hybridized carbons (Fsp3) is 0.125. The molecule has 0 aliphatic rings. The van der Waals surface area contributed by atoms with Crippen LogP contribution in [0.15, 0.2) is 36.7 Å². The van der Waals surface area contributed by atoms with Crippen LogP contribution >= 0.6 is 0 Å². The maximum absolute atomic E-state index is 13.3. The first-order valence-electron chi connectivity index (χ1n) is 7.74. The molecule has 0 spiro atoms. The van der Waals surface area contributed by atoms with E-state index in [1.807, 2.05) is 0 Å². The molecule has 0 unspecified atom stereocenters. The van der Waals surface area contributed by atoms with Gasteiger partial charge in [-0.15, -0.1) is 10.2 Å². The van der Waals surface area contributed by atoms with Crippen molar-refractivity contribution in [2.24, 2.45) is 0 Å². The molecule has 30 heavy (non-hydrogen) atoms. The Hall–Kier alpha value is -3.71. The number of hydrogen-bond acceptors (Lipinski definition) is 4. The average Bonchev–Trinajstić information content (AvgIpc) is 3.26. The molecule has 4 rings (SSSR count). The van der Waals surface area contributed by atoms with Crippen molar-refractivity contribution in [2.45, 2.75) is 12.4 Å². The van der Waals surface area contributed by atoms with Crippen molar-refractivity contribution >= 4 is 22.8 Å². The zero-order valence-electron chi connectivity index (χ0n) is 14.3. The van der Waals surface area contributed by atoms with E-state index in [4.69, 9.17) is 9.90 Å². The molecular weight excluding hydrogens is 427 g/mol. The van der Waals surface area contributed by atoms with Crippen LogP contribution in [0.3, 0.4) is 0 Å². The number of alkyl halides is 6. The molecule has 0 fully saturated rings. The third kappa shape index (κ3) is 4.01. The van der Waals surface area contributed by atoms with E-state index in [1.165, 1.54) is 10.6 Å². The smallest absolute Gasteiger partial charge is 0.475 e. The van der Waals surface area contributed by atoms with Gasteiger partial charge in [0.2, 0.25) is 0 Å². The van der Waals surface area contributed by atoms with Crippen molar-refractivity contribution < 1.29 is 40.6 Å². The third-order valence-electron chi connectivity index (χ3n) is 3.71. The zero-order valence-corrected chi connectivity index (χ0v) is 14.3. The molecule has 0 radical (unpaired) electrons. The van der Waals surface area contributed by atoms with E-state index >= 15 is 0 Å². The van der Waals surface area contributed by atoms with Crippen LogP contribution in [0.4, 0.5) is 30.7 Å². The highest BCUT2D eigenvalue weighted by Gasteiger charge is 2.38. The number of nitrogens with one attached hydrogen (secondary N) is 1. The summed E-state index contributed by atoms with van der Waals surface area (Å²) < 4.78 is 86.2. The van der Waals surface area contributed by atoms with Crippen LogP contribution in [0.2, 0.25) is 0 Å². The fourth-order valence-electron chi connectivity index (χ4n) is 2.50. The molecule has 7 nitrogen and oxygen atoms in total. The second kappa shape index (κ2) is 7.27. The van der Waals surface area contributed by atoms with Gasteiger partial charge >= 0.3 is 18.3 Å². The molecule has 158 valence electrons. The quantitative estimate of drug-likeness (QED) is 0.440. The van der Waals surface area contributed by atoms with Crippen molar-refractivity contribution in [1.29, 1.82) is 0 Å². The van der Waals surface area contributed by atoms with Crippen LogP contribution in [0.5, 0.6) is 0 Å². The van der Waals surface area contributed by atoms with E-state index < -0.39 is 29.7 Å². The Morgan fingerprint density at radius 3 is 2.33 bits per heavy atom. The molecule has 0 amide bonds. The van der Waals surface area contributed by atoms with E-state index in [9.17, 15) is 30.7 Å². The molecule has 3 aromatic heterocycles. The lowest BCUT2D eigenvalue weighted by atomic mass is 10.1. The van der Waals surface area contributed by atoms with Crippen molar-refractivity contribution in [1.82, 2.24) is 24.6 Å². The second-order valence-corrected chi connectivity index (χ2v) is 5.68. The van der Waals surface area contributed by atoms with Crippen LogP contribution in [0, 0.1) is 5.82 Å². The van der Waals surface area contributed by atoms with E-state index in [0.717, 1.165) is 12.1 Å². The minimum Gasteiger partial charge on any atom is -0.475 e. The Labute approximate surface area is 160 Å². The maximum Gasteiger partial charge on any atom is 0.490 e. The SMILES string of the molecule is Fc1ccc(-c2nnc3cnc4[nH]ccc4n23)c(C(F)(F)F)c1.O=C(O)C(F)(F)F. The highest BCUT2D eigenvalue weighted by atomic mass is 19.4. The number of rotatable bonds is 1. The Morgan fingerprint density at radius 2 is 1.73 bits per heavy atom. The number of carbonyl (C=O) groups is 1. The van der Waals surface area contributed by atoms with Gasteiger partial charge in [0, 0.05) is 11.8 Å². The number of nitrogens with zero attached hydrogens (tertiary/aromatic N) is 4. The summed E-state index contributed by atoms with van der Waals surface area (Å²) >= 11 is 0. The summed E-state index contributed by atoms with van der Waals surface area (Å²) in [6, 6.07) is 4.11. The predicted molar refractivity (Wildman–Crippen MR) is 86.7 cm³/mol. The monoisotopic (exact) mass is 435 g/mol. The highest BCUT2D eigenvalue weighted by Crippen LogP contribution is 2.37. The van der Waals surface area contributed by atoms with E-state index in [-0.39, 0.29) is 11.4 Å². The van der Waals surface area contributed by atoms with Crippen LogP contribution in [0.1, 0.15) is 5.56 Å². The summed E-state index contributed by atoms with van der Waals surface area (Å²) in [6.45, 7) is 0. The highest BCUT2D eigenvalue weighted by molar-refractivity contribution is 5.78. The fourth-order valence-corrected chi connectivity index (χ4v) is 2.50. The molecule has 0 saturated carbocycles. The normalized spacial score (nSPS) is 12.1. The summed E-state index contributed by atoms with van der Waals surface area (Å²) in [5.41, 5.74) is -0.0499. The molecule has 0 atom stereocenters. The van der Waals surface area contributed by atoms with Crippen LogP contribution in [-0.4, -0.2) is 41.8 Å². The lowest BCUT2D eigenvalue weighted by Crippen LogP contribution is -2.21. The lowest BCUT2D eigenvalue weighted by molar-refractivity contribution is -0.192. The van der Waals surface area contributed by atoms with Gasteiger partial charge in [0.15, 0.2) is 17.1 Å². The number of hydrogen-bond donors (Lipinski definition) is 2. The Bertz CT molecular complexity index is 1230. The van der Waals surface area contributed by atoms with Gasteiger partial charge in [-0.25, -0.2) is 14.2 Å². The number of benzene rings is 1. The second-order valence-electron chi connectivity index (χ2n) is 5.68. The van der Waals surface area contributed by atoms with Crippen molar-refractivity contribution in [2.75, 3.05) is 0 Å². The number of carboxylic acids is 1. The van der Waals surface area contributed by atoms with Gasteiger partial charge in [-0.3, -0.25) is 4.40 Å². The Balaban J connectivity index is 0.000000318. The van der Waals surface area contributed by atoms with Gasteiger partial charge in [0.25, 0.3) is 0 Å². The number of fused-ring (bicyclic) bond motifs is 3. The van der Waals surface area contributed by atoms with Crippen LogP contribution < -0.4 is 0 Å². The molecule has 4 aromatic rings. The van der Waals surface area contributed by atoms with E-state index in [2.05, 4.69) is 20.2 Å². The minimum atomic E-state index is -5.08. The first-order valence-corrected chi connectivity index (χ1v) is 7.74. The van der Waals surface area contributed by atoms with Crippen molar-refractivity contribution in [3.8, 4) is 11.4 Å². The average molecular weight is 435 g/mol. The minimum absolute atomic E-state index is 0.0284. The van der Waals surface area contributed by atoms with Crippen molar-refractivity contribution in [3.05, 3.63) is 48.0 Å². The number of halogens is 7. The van der Waals surface area contributed by atoms with E-state index in [1.54, 1.807) is 12.3 Å². The van der Waals surface area contributed by atoms with Crippen LogP contribution in [0.25, 0.3) is 28.2 Å². The van der Waals surface area contributed by atoms with E-state index in [0.29, 0.717) is 22.9 Å². The number of aromatic amines is 1. The first-order chi connectivity index (χ1) is 13.9. The first kappa shape index (κ1) is 21.0. The number of H-pyrrole nitrogens is 1. The molecule has 2 N–H and O–H groups in total. The molecule has 14 heteroatoms. The van der Waals surface area contributed by atoms with Gasteiger partial charge in [0.05, 0.1) is 17.3 Å². The maximum atomic E-state index is 13.3. The summed E-state index contributed by atoms with van der Waals surface area (Å²) in [7, 11) is 0. The van der Waals surface area contributed by atoms with Crippen molar-refractivity contribution in [3.63, 3.8) is 0 Å².